The van der Waals surface area contributed by atoms with Crippen LogP contribution in [0.1, 0.15) is 39.0 Å². The Hall–Kier alpha value is -0.830. The van der Waals surface area contributed by atoms with Crippen LogP contribution >= 0.6 is 0 Å². The number of amides is 1. The monoisotopic (exact) mass is 235 g/mol. The standard InChI is InChI=1S/C14H21NO2/c1-2-7-15(11-3-4-11)14(16)9-10-8-12-5-6-13(10)17-12/h5-6,10-13H,2-4,7-9H2,1H3. The molecule has 0 aromatic heterocycles. The first-order valence-corrected chi connectivity index (χ1v) is 6.91. The van der Waals surface area contributed by atoms with Crippen LogP contribution in [-0.4, -0.2) is 35.6 Å². The van der Waals surface area contributed by atoms with Gasteiger partial charge in [-0.25, -0.2) is 0 Å². The average molecular weight is 235 g/mol. The van der Waals surface area contributed by atoms with Gasteiger partial charge in [0.1, 0.15) is 0 Å². The molecule has 0 N–H and O–H groups in total. The lowest BCUT2D eigenvalue weighted by Gasteiger charge is -2.24. The van der Waals surface area contributed by atoms with E-state index >= 15 is 0 Å². The van der Waals surface area contributed by atoms with Crippen LogP contribution in [0.3, 0.4) is 0 Å². The predicted molar refractivity (Wildman–Crippen MR) is 65.6 cm³/mol. The summed E-state index contributed by atoms with van der Waals surface area (Å²) in [6.07, 6.45) is 9.97. The minimum absolute atomic E-state index is 0.214. The first kappa shape index (κ1) is 11.3. The van der Waals surface area contributed by atoms with Crippen molar-refractivity contribution in [1.82, 2.24) is 4.90 Å². The lowest BCUT2D eigenvalue weighted by atomic mass is 9.91. The second kappa shape index (κ2) is 4.45. The van der Waals surface area contributed by atoms with Crippen molar-refractivity contribution in [3.63, 3.8) is 0 Å². The van der Waals surface area contributed by atoms with Crippen LogP contribution in [-0.2, 0) is 9.53 Å². The summed E-state index contributed by atoms with van der Waals surface area (Å²) >= 11 is 0. The van der Waals surface area contributed by atoms with E-state index in [1.807, 2.05) is 0 Å². The molecule has 0 aromatic carbocycles. The van der Waals surface area contributed by atoms with E-state index in [0.717, 1.165) is 19.4 Å². The molecule has 2 bridgehead atoms. The molecular weight excluding hydrogens is 214 g/mol. The molecule has 2 heterocycles. The first-order chi connectivity index (χ1) is 8.28. The Labute approximate surface area is 103 Å². The molecule has 3 atom stereocenters. The molecule has 94 valence electrons. The molecule has 3 aliphatic rings. The molecular formula is C14H21NO2. The number of fused-ring (bicyclic) bond motifs is 2. The highest BCUT2D eigenvalue weighted by Gasteiger charge is 2.40. The third-order valence-electron chi connectivity index (χ3n) is 4.06. The lowest BCUT2D eigenvalue weighted by molar-refractivity contribution is -0.133. The Kier molecular flexibility index (Phi) is 2.95. The third-order valence-corrected chi connectivity index (χ3v) is 4.06. The van der Waals surface area contributed by atoms with Gasteiger partial charge >= 0.3 is 0 Å². The molecule has 2 fully saturated rings. The van der Waals surface area contributed by atoms with Gasteiger partial charge in [-0.2, -0.15) is 0 Å². The van der Waals surface area contributed by atoms with Gasteiger partial charge in [0.25, 0.3) is 0 Å². The molecule has 2 aliphatic heterocycles. The highest BCUT2D eigenvalue weighted by molar-refractivity contribution is 5.77. The first-order valence-electron chi connectivity index (χ1n) is 6.91. The lowest BCUT2D eigenvalue weighted by Crippen LogP contribution is -2.36. The van der Waals surface area contributed by atoms with Gasteiger partial charge in [-0.05, 0) is 25.7 Å². The van der Waals surface area contributed by atoms with E-state index in [1.54, 1.807) is 0 Å². The van der Waals surface area contributed by atoms with Gasteiger partial charge in [0.15, 0.2) is 0 Å². The highest BCUT2D eigenvalue weighted by atomic mass is 16.5. The van der Waals surface area contributed by atoms with Gasteiger partial charge in [0.2, 0.25) is 5.91 Å². The quantitative estimate of drug-likeness (QED) is 0.683. The Morgan fingerprint density at radius 3 is 2.76 bits per heavy atom. The normalized spacial score (nSPS) is 34.3. The molecule has 17 heavy (non-hydrogen) atoms. The fourth-order valence-electron chi connectivity index (χ4n) is 3.04. The van der Waals surface area contributed by atoms with Crippen molar-refractivity contribution >= 4 is 5.91 Å². The molecule has 3 rings (SSSR count). The summed E-state index contributed by atoms with van der Waals surface area (Å²) in [5.74, 6) is 0.777. The number of hydrogen-bond donors (Lipinski definition) is 0. The van der Waals surface area contributed by atoms with E-state index in [4.69, 9.17) is 4.74 Å². The smallest absolute Gasteiger partial charge is 0.223 e. The molecule has 1 amide bonds. The van der Waals surface area contributed by atoms with Crippen molar-refractivity contribution in [2.75, 3.05) is 6.54 Å². The van der Waals surface area contributed by atoms with Gasteiger partial charge in [0, 0.05) is 24.9 Å². The van der Waals surface area contributed by atoms with Gasteiger partial charge in [-0.3, -0.25) is 4.79 Å². The van der Waals surface area contributed by atoms with Gasteiger partial charge in [-0.15, -0.1) is 0 Å². The minimum Gasteiger partial charge on any atom is -0.367 e. The van der Waals surface area contributed by atoms with Crippen LogP contribution in [0.15, 0.2) is 12.2 Å². The number of hydrogen-bond acceptors (Lipinski definition) is 2. The van der Waals surface area contributed by atoms with Crippen LogP contribution < -0.4 is 0 Å². The molecule has 0 radical (unpaired) electrons. The van der Waals surface area contributed by atoms with Gasteiger partial charge in [-0.1, -0.05) is 19.1 Å². The Morgan fingerprint density at radius 2 is 2.24 bits per heavy atom. The van der Waals surface area contributed by atoms with E-state index in [2.05, 4.69) is 24.0 Å². The number of carbonyl (C=O) groups is 1. The SMILES string of the molecule is CCCN(C(=O)CC1CC2C=CC1O2)C1CC1. The van der Waals surface area contributed by atoms with Crippen molar-refractivity contribution in [1.29, 1.82) is 0 Å². The summed E-state index contributed by atoms with van der Waals surface area (Å²) in [4.78, 5) is 14.4. The van der Waals surface area contributed by atoms with Crippen LogP contribution in [0, 0.1) is 5.92 Å². The largest absolute Gasteiger partial charge is 0.367 e. The highest BCUT2D eigenvalue weighted by Crippen LogP contribution is 2.37. The molecule has 1 saturated carbocycles. The maximum absolute atomic E-state index is 12.3. The summed E-state index contributed by atoms with van der Waals surface area (Å²) in [6.45, 7) is 3.08. The third kappa shape index (κ3) is 2.25. The molecule has 1 aliphatic carbocycles. The van der Waals surface area contributed by atoms with Crippen molar-refractivity contribution in [2.45, 2.75) is 57.3 Å². The minimum atomic E-state index is 0.214. The predicted octanol–water partition coefficient (Wildman–Crippen LogP) is 2.12. The van der Waals surface area contributed by atoms with Crippen molar-refractivity contribution < 1.29 is 9.53 Å². The Balaban J connectivity index is 1.56. The van der Waals surface area contributed by atoms with Gasteiger partial charge in [0.05, 0.1) is 12.2 Å². The van der Waals surface area contributed by atoms with Crippen LogP contribution in [0.4, 0.5) is 0 Å². The summed E-state index contributed by atoms with van der Waals surface area (Å²) in [5, 5.41) is 0. The van der Waals surface area contributed by atoms with Crippen LogP contribution in [0.5, 0.6) is 0 Å². The molecule has 3 unspecified atom stereocenters. The topological polar surface area (TPSA) is 29.5 Å². The maximum atomic E-state index is 12.3. The van der Waals surface area contributed by atoms with Crippen molar-refractivity contribution in [3.05, 3.63) is 12.2 Å². The summed E-state index contributed by atoms with van der Waals surface area (Å²) in [7, 11) is 0. The molecule has 0 aromatic rings. The van der Waals surface area contributed by atoms with Crippen molar-refractivity contribution in [2.24, 2.45) is 5.92 Å². The number of carbonyl (C=O) groups excluding carboxylic acids is 1. The molecule has 3 nitrogen and oxygen atoms in total. The second-order valence-electron chi connectivity index (χ2n) is 5.54. The van der Waals surface area contributed by atoms with E-state index < -0.39 is 0 Å². The Bertz CT molecular complexity index is 335. The summed E-state index contributed by atoms with van der Waals surface area (Å²) < 4.78 is 5.72. The second-order valence-corrected chi connectivity index (χ2v) is 5.54. The molecule has 1 saturated heterocycles. The fourth-order valence-corrected chi connectivity index (χ4v) is 3.04. The molecule has 3 heteroatoms. The number of ether oxygens (including phenoxy) is 1. The van der Waals surface area contributed by atoms with Gasteiger partial charge < -0.3 is 9.64 Å². The van der Waals surface area contributed by atoms with Crippen LogP contribution in [0.2, 0.25) is 0 Å². The summed E-state index contributed by atoms with van der Waals surface area (Å²) in [6, 6.07) is 0.553. The number of nitrogens with zero attached hydrogens (tertiary/aromatic N) is 1. The number of rotatable bonds is 5. The zero-order valence-electron chi connectivity index (χ0n) is 10.5. The zero-order chi connectivity index (χ0) is 11.8. The van der Waals surface area contributed by atoms with Crippen LogP contribution in [0.25, 0.3) is 0 Å². The van der Waals surface area contributed by atoms with E-state index in [-0.39, 0.29) is 6.10 Å². The van der Waals surface area contributed by atoms with E-state index in [1.165, 1.54) is 12.8 Å². The fraction of sp³-hybridized carbons (Fsp3) is 0.786. The maximum Gasteiger partial charge on any atom is 0.223 e. The Morgan fingerprint density at radius 1 is 1.41 bits per heavy atom. The van der Waals surface area contributed by atoms with E-state index in [9.17, 15) is 4.79 Å². The molecule has 0 spiro atoms. The zero-order valence-corrected chi connectivity index (χ0v) is 10.5. The van der Waals surface area contributed by atoms with Crippen molar-refractivity contribution in [3.8, 4) is 0 Å². The summed E-state index contributed by atoms with van der Waals surface area (Å²) in [5.41, 5.74) is 0. The average Bonchev–Trinajstić information content (AvgIpc) is 2.95. The van der Waals surface area contributed by atoms with E-state index in [0.29, 0.717) is 30.4 Å².